The predicted octanol–water partition coefficient (Wildman–Crippen LogP) is 13.3. The van der Waals surface area contributed by atoms with E-state index in [4.69, 9.17) is 0 Å². The van der Waals surface area contributed by atoms with Crippen LogP contribution in [0.25, 0.3) is 21.5 Å². The predicted molar refractivity (Wildman–Crippen MR) is 173 cm³/mol. The molecule has 0 radical (unpaired) electrons. The van der Waals surface area contributed by atoms with Crippen molar-refractivity contribution >= 4 is 44.3 Å². The van der Waals surface area contributed by atoms with Gasteiger partial charge < -0.3 is 0 Å². The Balaban J connectivity index is 0.000000763. The molecule has 5 aromatic rings. The standard InChI is InChI=1S/C26H18N4.C3H8.3C2H6/c1-2-11-20(12-3-1)27-28-25-17-18-26(23-15-7-6-14-22(23)25)30-29-24-16-8-10-19-9-4-5-13-21(19)24;1-3-2;3*1-2/h1-18H;3H2,1-2H3;3*1-2H3. The molecule has 0 saturated carbocycles. The van der Waals surface area contributed by atoms with Crippen molar-refractivity contribution < 1.29 is 0 Å². The van der Waals surface area contributed by atoms with Crippen LogP contribution in [0.15, 0.2) is 130 Å². The highest BCUT2D eigenvalue weighted by molar-refractivity contribution is 6.00. The molecule has 5 rings (SSSR count). The molecule has 0 saturated heterocycles. The minimum Gasteiger partial charge on any atom is -0.151 e. The quantitative estimate of drug-likeness (QED) is 0.212. The van der Waals surface area contributed by atoms with E-state index in [0.717, 1.165) is 44.3 Å². The molecule has 204 valence electrons. The van der Waals surface area contributed by atoms with E-state index in [1.54, 1.807) is 0 Å². The summed E-state index contributed by atoms with van der Waals surface area (Å²) >= 11 is 0. The van der Waals surface area contributed by atoms with Gasteiger partial charge in [-0.3, -0.25) is 0 Å². The van der Waals surface area contributed by atoms with Gasteiger partial charge in [-0.15, -0.1) is 15.3 Å². The maximum Gasteiger partial charge on any atom is 0.0936 e. The zero-order valence-corrected chi connectivity index (χ0v) is 24.9. The van der Waals surface area contributed by atoms with Gasteiger partial charge in [-0.2, -0.15) is 5.11 Å². The first-order valence-corrected chi connectivity index (χ1v) is 14.2. The van der Waals surface area contributed by atoms with E-state index in [2.05, 4.69) is 52.5 Å². The van der Waals surface area contributed by atoms with Crippen LogP contribution in [0.1, 0.15) is 61.8 Å². The van der Waals surface area contributed by atoms with Crippen molar-refractivity contribution in [2.45, 2.75) is 61.8 Å². The molecule has 4 heteroatoms. The van der Waals surface area contributed by atoms with Crippen LogP contribution >= 0.6 is 0 Å². The van der Waals surface area contributed by atoms with Crippen LogP contribution in [-0.2, 0) is 0 Å². The molecular weight excluding hydrogens is 476 g/mol. The first kappa shape index (κ1) is 32.8. The van der Waals surface area contributed by atoms with Crippen molar-refractivity contribution in [3.05, 3.63) is 109 Å². The second-order valence-corrected chi connectivity index (χ2v) is 7.59. The number of azo groups is 2. The molecule has 5 aromatic carbocycles. The maximum absolute atomic E-state index is 4.57. The molecule has 0 atom stereocenters. The lowest BCUT2D eigenvalue weighted by atomic mass is 10.1. The van der Waals surface area contributed by atoms with Crippen LogP contribution < -0.4 is 0 Å². The van der Waals surface area contributed by atoms with Gasteiger partial charge in [0.15, 0.2) is 0 Å². The summed E-state index contributed by atoms with van der Waals surface area (Å²) in [7, 11) is 0. The summed E-state index contributed by atoms with van der Waals surface area (Å²) in [6, 6.07) is 35.9. The molecule has 0 aliphatic heterocycles. The number of fused-ring (bicyclic) bond motifs is 2. The second kappa shape index (κ2) is 19.9. The first-order chi connectivity index (χ1) is 19.3. The Morgan fingerprint density at radius 1 is 0.385 bits per heavy atom. The fourth-order valence-electron chi connectivity index (χ4n) is 3.45. The summed E-state index contributed by atoms with van der Waals surface area (Å²) < 4.78 is 0. The largest absolute Gasteiger partial charge is 0.151 e. The van der Waals surface area contributed by atoms with Crippen LogP contribution in [-0.4, -0.2) is 0 Å². The first-order valence-electron chi connectivity index (χ1n) is 14.2. The van der Waals surface area contributed by atoms with E-state index in [-0.39, 0.29) is 0 Å². The van der Waals surface area contributed by atoms with Crippen molar-refractivity contribution in [2.24, 2.45) is 20.5 Å². The molecule has 0 aliphatic carbocycles. The van der Waals surface area contributed by atoms with Crippen molar-refractivity contribution in [2.75, 3.05) is 0 Å². The Kier molecular flexibility index (Phi) is 16.7. The Hall–Kier alpha value is -4.18. The average molecular weight is 521 g/mol. The number of benzene rings is 5. The fraction of sp³-hybridized carbons (Fsp3) is 0.257. The van der Waals surface area contributed by atoms with Crippen LogP contribution in [0.4, 0.5) is 22.7 Å². The highest BCUT2D eigenvalue weighted by atomic mass is 15.1. The van der Waals surface area contributed by atoms with Crippen molar-refractivity contribution in [3.8, 4) is 0 Å². The number of rotatable bonds is 4. The van der Waals surface area contributed by atoms with E-state index in [9.17, 15) is 0 Å². The van der Waals surface area contributed by atoms with Crippen molar-refractivity contribution in [1.29, 1.82) is 0 Å². The molecule has 0 N–H and O–H groups in total. The highest BCUT2D eigenvalue weighted by Crippen LogP contribution is 2.36. The minimum atomic E-state index is 0.803. The van der Waals surface area contributed by atoms with Crippen LogP contribution in [0.2, 0.25) is 0 Å². The molecule has 0 fully saturated rings. The SMILES string of the molecule is CC.CC.CC.CCC.c1ccc(N=Nc2ccc(N=Nc3cccc4ccccc34)c3ccccc23)cc1. The molecule has 0 unspecified atom stereocenters. The third kappa shape index (κ3) is 9.90. The van der Waals surface area contributed by atoms with E-state index < -0.39 is 0 Å². The summed E-state index contributed by atoms with van der Waals surface area (Å²) in [4.78, 5) is 0. The summed E-state index contributed by atoms with van der Waals surface area (Å²) in [6.07, 6.45) is 1.25. The van der Waals surface area contributed by atoms with Gasteiger partial charge in [0.25, 0.3) is 0 Å². The Morgan fingerprint density at radius 3 is 1.31 bits per heavy atom. The second-order valence-electron chi connectivity index (χ2n) is 7.59. The Labute approximate surface area is 235 Å². The number of hydrogen-bond donors (Lipinski definition) is 0. The van der Waals surface area contributed by atoms with Crippen LogP contribution in [0.3, 0.4) is 0 Å². The van der Waals surface area contributed by atoms with Crippen LogP contribution in [0.5, 0.6) is 0 Å². The fourth-order valence-corrected chi connectivity index (χ4v) is 3.45. The van der Waals surface area contributed by atoms with E-state index in [1.807, 2.05) is 133 Å². The molecule has 0 aromatic heterocycles. The summed E-state index contributed by atoms with van der Waals surface area (Å²) in [5.74, 6) is 0. The molecule has 0 spiro atoms. The van der Waals surface area contributed by atoms with Gasteiger partial charge in [-0.25, -0.2) is 0 Å². The lowest BCUT2D eigenvalue weighted by Gasteiger charge is -2.05. The minimum absolute atomic E-state index is 0.803. The Bertz CT molecular complexity index is 1400. The smallest absolute Gasteiger partial charge is 0.0936 e. The molecular formula is C35H44N4. The molecule has 39 heavy (non-hydrogen) atoms. The summed E-state index contributed by atoms with van der Waals surface area (Å²) in [5.41, 5.74) is 3.28. The van der Waals surface area contributed by atoms with E-state index >= 15 is 0 Å². The van der Waals surface area contributed by atoms with Gasteiger partial charge in [0, 0.05) is 16.2 Å². The maximum atomic E-state index is 4.57. The molecule has 0 amide bonds. The topological polar surface area (TPSA) is 49.4 Å². The van der Waals surface area contributed by atoms with Crippen molar-refractivity contribution in [3.63, 3.8) is 0 Å². The third-order valence-corrected chi connectivity index (χ3v) is 4.94. The van der Waals surface area contributed by atoms with Gasteiger partial charge >= 0.3 is 0 Å². The third-order valence-electron chi connectivity index (χ3n) is 4.94. The van der Waals surface area contributed by atoms with Crippen LogP contribution in [0, 0.1) is 0 Å². The molecule has 0 heterocycles. The van der Waals surface area contributed by atoms with Gasteiger partial charge in [0.05, 0.1) is 22.7 Å². The van der Waals surface area contributed by atoms with Crippen molar-refractivity contribution in [1.82, 2.24) is 0 Å². The molecule has 4 nitrogen and oxygen atoms in total. The lowest BCUT2D eigenvalue weighted by molar-refractivity contribution is 1.09. The zero-order valence-electron chi connectivity index (χ0n) is 24.9. The van der Waals surface area contributed by atoms with Gasteiger partial charge in [0.1, 0.15) is 0 Å². The highest BCUT2D eigenvalue weighted by Gasteiger charge is 2.06. The Morgan fingerprint density at radius 2 is 0.769 bits per heavy atom. The monoisotopic (exact) mass is 520 g/mol. The zero-order chi connectivity index (χ0) is 28.9. The molecule has 0 bridgehead atoms. The van der Waals surface area contributed by atoms with Gasteiger partial charge in [-0.05, 0) is 35.7 Å². The molecule has 0 aliphatic rings. The summed E-state index contributed by atoms with van der Waals surface area (Å²) in [5, 5.41) is 22.1. The summed E-state index contributed by atoms with van der Waals surface area (Å²) in [6.45, 7) is 16.2. The van der Waals surface area contributed by atoms with E-state index in [1.165, 1.54) is 6.42 Å². The number of hydrogen-bond acceptors (Lipinski definition) is 4. The normalized spacial score (nSPS) is 9.95. The average Bonchev–Trinajstić information content (AvgIpc) is 3.03. The lowest BCUT2D eigenvalue weighted by Crippen LogP contribution is -1.76. The van der Waals surface area contributed by atoms with E-state index in [0.29, 0.717) is 0 Å². The van der Waals surface area contributed by atoms with Gasteiger partial charge in [0.2, 0.25) is 0 Å². The number of nitrogens with zero attached hydrogens (tertiary/aromatic N) is 4. The van der Waals surface area contributed by atoms with Gasteiger partial charge in [-0.1, -0.05) is 141 Å².